The third-order valence-electron chi connectivity index (χ3n) is 4.43. The van der Waals surface area contributed by atoms with Gasteiger partial charge in [-0.2, -0.15) is 5.10 Å². The summed E-state index contributed by atoms with van der Waals surface area (Å²) in [5.41, 5.74) is 7.76. The van der Waals surface area contributed by atoms with Crippen molar-refractivity contribution in [1.82, 2.24) is 9.99 Å². The summed E-state index contributed by atoms with van der Waals surface area (Å²) in [5, 5.41) is 7.78. The maximum absolute atomic E-state index is 12.1. The fourth-order valence-electron chi connectivity index (χ4n) is 3.00. The van der Waals surface area contributed by atoms with E-state index in [1.165, 1.54) is 0 Å². The van der Waals surface area contributed by atoms with Crippen LogP contribution in [0.4, 0.5) is 10.5 Å². The van der Waals surface area contributed by atoms with Crippen molar-refractivity contribution in [2.24, 2.45) is 5.10 Å². The third kappa shape index (κ3) is 4.83. The lowest BCUT2D eigenvalue weighted by molar-refractivity contribution is 0.252. The maximum atomic E-state index is 12.1. The Morgan fingerprint density at radius 3 is 2.62 bits per heavy atom. The number of anilines is 1. The molecule has 29 heavy (non-hydrogen) atoms. The summed E-state index contributed by atoms with van der Waals surface area (Å²) in [7, 11) is 0. The Morgan fingerprint density at radius 2 is 1.90 bits per heavy atom. The van der Waals surface area contributed by atoms with Gasteiger partial charge < -0.3 is 9.88 Å². The minimum atomic E-state index is -0.422. The topological polar surface area (TPSA) is 58.4 Å². The van der Waals surface area contributed by atoms with Gasteiger partial charge in [-0.1, -0.05) is 45.2 Å². The van der Waals surface area contributed by atoms with Crippen molar-refractivity contribution >= 4 is 57.1 Å². The fraction of sp³-hybridized carbons (Fsp3) is 0.143. The molecular weight excluding hydrogens is 475 g/mol. The van der Waals surface area contributed by atoms with Crippen LogP contribution in [0.3, 0.4) is 0 Å². The highest BCUT2D eigenvalue weighted by Gasteiger charge is 2.13. The molecule has 0 bridgehead atoms. The van der Waals surface area contributed by atoms with Crippen LogP contribution in [0.15, 0.2) is 52.0 Å². The third-order valence-corrected chi connectivity index (χ3v) is 6.13. The maximum Gasteiger partial charge on any atom is 0.339 e. The number of carbonyl (C=O) groups is 1. The number of halogens is 3. The molecule has 0 saturated carbocycles. The van der Waals surface area contributed by atoms with E-state index in [-0.39, 0.29) is 0 Å². The van der Waals surface area contributed by atoms with Gasteiger partial charge in [0, 0.05) is 27.1 Å². The van der Waals surface area contributed by atoms with Crippen molar-refractivity contribution in [3.8, 4) is 5.69 Å². The summed E-state index contributed by atoms with van der Waals surface area (Å²) >= 11 is 16.0. The molecule has 0 saturated heterocycles. The molecule has 0 aliphatic carbocycles. The molecule has 0 radical (unpaired) electrons. The Balaban J connectivity index is 1.73. The van der Waals surface area contributed by atoms with Crippen LogP contribution in [-0.4, -0.2) is 16.8 Å². The smallest absolute Gasteiger partial charge is 0.316 e. The van der Waals surface area contributed by atoms with E-state index in [2.05, 4.69) is 31.8 Å². The van der Waals surface area contributed by atoms with Gasteiger partial charge in [0.1, 0.15) is 0 Å². The Hall–Kier alpha value is -2.28. The number of hydrogen-bond acceptors (Lipinski definition) is 2. The van der Waals surface area contributed by atoms with Crippen LogP contribution in [0.1, 0.15) is 22.5 Å². The van der Waals surface area contributed by atoms with E-state index in [0.29, 0.717) is 15.7 Å². The van der Waals surface area contributed by atoms with E-state index in [0.717, 1.165) is 32.7 Å². The van der Waals surface area contributed by atoms with Crippen molar-refractivity contribution < 1.29 is 4.79 Å². The molecule has 1 heterocycles. The summed E-state index contributed by atoms with van der Waals surface area (Å²) in [5.74, 6) is 0. The number of carbonyl (C=O) groups excluding carboxylic acids is 1. The molecule has 0 fully saturated rings. The lowest BCUT2D eigenvalue weighted by Gasteiger charge is -2.12. The Bertz CT molecular complexity index is 1110. The van der Waals surface area contributed by atoms with Crippen molar-refractivity contribution in [3.05, 3.63) is 79.5 Å². The first-order valence-electron chi connectivity index (χ1n) is 8.77. The number of nitrogens with one attached hydrogen (secondary N) is 2. The molecular formula is C21H19BrCl2N4O. The van der Waals surface area contributed by atoms with Crippen LogP contribution in [0, 0.1) is 20.8 Å². The SMILES string of the molecule is Cc1cc(NC(=O)N/N=C/c2cc(C)n(-c3cccc(Cl)c3Cl)c2C)ccc1Br. The zero-order chi connectivity index (χ0) is 21.1. The first kappa shape index (κ1) is 21.4. The van der Waals surface area contributed by atoms with Gasteiger partial charge in [-0.15, -0.1) is 0 Å². The number of nitrogens with zero attached hydrogens (tertiary/aromatic N) is 2. The van der Waals surface area contributed by atoms with Crippen LogP contribution < -0.4 is 10.7 Å². The Morgan fingerprint density at radius 1 is 1.14 bits per heavy atom. The van der Waals surface area contributed by atoms with Crippen molar-refractivity contribution in [3.63, 3.8) is 0 Å². The lowest BCUT2D eigenvalue weighted by Crippen LogP contribution is -2.24. The van der Waals surface area contributed by atoms with Gasteiger partial charge in [0.15, 0.2) is 0 Å². The van der Waals surface area contributed by atoms with Gasteiger partial charge >= 0.3 is 6.03 Å². The van der Waals surface area contributed by atoms with E-state index >= 15 is 0 Å². The quantitative estimate of drug-likeness (QED) is 0.311. The van der Waals surface area contributed by atoms with Crippen LogP contribution in [-0.2, 0) is 0 Å². The highest BCUT2D eigenvalue weighted by atomic mass is 79.9. The standard InChI is InChI=1S/C21H19BrCl2N4O/c1-12-9-16(7-8-17(12)22)26-21(29)27-25-11-15-10-13(2)28(14(15)3)19-6-4-5-18(23)20(19)24/h4-11H,1-3H3,(H2,26,27,29)/b25-11+. The van der Waals surface area contributed by atoms with Crippen molar-refractivity contribution in [1.29, 1.82) is 0 Å². The van der Waals surface area contributed by atoms with E-state index in [9.17, 15) is 4.79 Å². The monoisotopic (exact) mass is 492 g/mol. The zero-order valence-electron chi connectivity index (χ0n) is 16.1. The lowest BCUT2D eigenvalue weighted by atomic mass is 10.2. The number of hydrazone groups is 1. The summed E-state index contributed by atoms with van der Waals surface area (Å²) in [6, 6.07) is 12.6. The van der Waals surface area contributed by atoms with Gasteiger partial charge in [0.2, 0.25) is 0 Å². The van der Waals surface area contributed by atoms with E-state index in [1.54, 1.807) is 12.3 Å². The normalized spacial score (nSPS) is 11.1. The molecule has 0 spiro atoms. The molecule has 0 unspecified atom stereocenters. The second-order valence-corrected chi connectivity index (χ2v) is 8.16. The number of aromatic nitrogens is 1. The predicted octanol–water partition coefficient (Wildman–Crippen LogP) is 6.63. The van der Waals surface area contributed by atoms with Crippen molar-refractivity contribution in [2.75, 3.05) is 5.32 Å². The molecule has 1 aromatic heterocycles. The predicted molar refractivity (Wildman–Crippen MR) is 124 cm³/mol. The zero-order valence-corrected chi connectivity index (χ0v) is 19.2. The van der Waals surface area contributed by atoms with Gasteiger partial charge in [0.05, 0.1) is 21.9 Å². The second kappa shape index (κ2) is 9.03. The number of rotatable bonds is 4. The van der Waals surface area contributed by atoms with E-state index in [4.69, 9.17) is 23.2 Å². The van der Waals surface area contributed by atoms with E-state index < -0.39 is 6.03 Å². The molecule has 3 aromatic rings. The number of hydrogen-bond donors (Lipinski definition) is 2. The average molecular weight is 494 g/mol. The molecule has 2 amide bonds. The van der Waals surface area contributed by atoms with Crippen LogP contribution in [0.5, 0.6) is 0 Å². The molecule has 2 aromatic carbocycles. The van der Waals surface area contributed by atoms with Crippen molar-refractivity contribution in [2.45, 2.75) is 20.8 Å². The minimum Gasteiger partial charge on any atom is -0.316 e. The van der Waals surface area contributed by atoms with Crippen LogP contribution >= 0.6 is 39.1 Å². The summed E-state index contributed by atoms with van der Waals surface area (Å²) in [6.07, 6.45) is 1.60. The molecule has 0 atom stereocenters. The van der Waals surface area contributed by atoms with Gasteiger partial charge in [-0.05, 0) is 62.7 Å². The fourth-order valence-corrected chi connectivity index (χ4v) is 3.62. The highest BCUT2D eigenvalue weighted by molar-refractivity contribution is 9.10. The van der Waals surface area contributed by atoms with Crippen LogP contribution in [0.2, 0.25) is 10.0 Å². The minimum absolute atomic E-state index is 0.422. The van der Waals surface area contributed by atoms with Gasteiger partial charge in [0.25, 0.3) is 0 Å². The number of urea groups is 1. The van der Waals surface area contributed by atoms with Gasteiger partial charge in [-0.3, -0.25) is 0 Å². The average Bonchev–Trinajstić information content (AvgIpc) is 2.94. The first-order valence-corrected chi connectivity index (χ1v) is 10.3. The van der Waals surface area contributed by atoms with Gasteiger partial charge in [-0.25, -0.2) is 10.2 Å². The molecule has 8 heteroatoms. The molecule has 5 nitrogen and oxygen atoms in total. The number of aryl methyl sites for hydroxylation is 2. The van der Waals surface area contributed by atoms with Crippen LogP contribution in [0.25, 0.3) is 5.69 Å². The number of benzene rings is 2. The first-order chi connectivity index (χ1) is 13.8. The Kier molecular flexibility index (Phi) is 6.67. The second-order valence-electron chi connectivity index (χ2n) is 6.52. The summed E-state index contributed by atoms with van der Waals surface area (Å²) in [4.78, 5) is 12.1. The van der Waals surface area contributed by atoms with E-state index in [1.807, 2.05) is 61.7 Å². The highest BCUT2D eigenvalue weighted by Crippen LogP contribution is 2.31. The molecule has 2 N–H and O–H groups in total. The molecule has 150 valence electrons. The summed E-state index contributed by atoms with van der Waals surface area (Å²) in [6.45, 7) is 5.88. The molecule has 0 aliphatic rings. The summed E-state index contributed by atoms with van der Waals surface area (Å²) < 4.78 is 2.98. The molecule has 0 aliphatic heterocycles. The number of amides is 2. The molecule has 3 rings (SSSR count). The Labute approximate surface area is 187 Å². The largest absolute Gasteiger partial charge is 0.339 e.